The van der Waals surface area contributed by atoms with E-state index in [0.717, 1.165) is 4.90 Å². The van der Waals surface area contributed by atoms with Gasteiger partial charge in [0.1, 0.15) is 5.54 Å². The van der Waals surface area contributed by atoms with Crippen molar-refractivity contribution in [3.05, 3.63) is 0 Å². The van der Waals surface area contributed by atoms with Crippen LogP contribution in [0.5, 0.6) is 0 Å². The number of carboxylic acids is 1. The maximum absolute atomic E-state index is 11.6. The number of aliphatic carboxylic acids is 1. The van der Waals surface area contributed by atoms with Crippen molar-refractivity contribution in [2.45, 2.75) is 25.8 Å². The van der Waals surface area contributed by atoms with Gasteiger partial charge < -0.3 is 20.6 Å². The van der Waals surface area contributed by atoms with Crippen LogP contribution in [0.2, 0.25) is 0 Å². The molecule has 0 aliphatic rings. The highest BCUT2D eigenvalue weighted by Crippen LogP contribution is 2.12. The van der Waals surface area contributed by atoms with Gasteiger partial charge in [0.05, 0.1) is 0 Å². The molecule has 0 heterocycles. The van der Waals surface area contributed by atoms with Crippen molar-refractivity contribution in [1.29, 1.82) is 0 Å². The monoisotopic (exact) mass is 245 g/mol. The van der Waals surface area contributed by atoms with E-state index in [9.17, 15) is 14.4 Å². The van der Waals surface area contributed by atoms with E-state index in [1.165, 1.54) is 27.9 Å². The minimum atomic E-state index is -1.29. The van der Waals surface area contributed by atoms with Gasteiger partial charge in [0, 0.05) is 27.1 Å². The Morgan fingerprint density at radius 2 is 1.82 bits per heavy atom. The van der Waals surface area contributed by atoms with Gasteiger partial charge in [0.15, 0.2) is 0 Å². The highest BCUT2D eigenvalue weighted by Gasteiger charge is 2.35. The zero-order chi connectivity index (χ0) is 13.6. The first-order chi connectivity index (χ1) is 7.73. The Bertz CT molecular complexity index is 315. The number of carbonyl (C=O) groups is 3. The molecule has 0 aliphatic carbocycles. The minimum absolute atomic E-state index is 0.156. The number of nitrogens with one attached hydrogen (secondary N) is 2. The van der Waals surface area contributed by atoms with E-state index in [1.807, 2.05) is 0 Å². The number of likely N-dealkylation sites (N-methyl/N-ethyl adjacent to an activating group) is 1. The summed E-state index contributed by atoms with van der Waals surface area (Å²) in [5.74, 6) is -1.29. The number of hydrogen-bond donors (Lipinski definition) is 3. The number of carbonyl (C=O) groups excluding carboxylic acids is 2. The van der Waals surface area contributed by atoms with Crippen LogP contribution in [0.3, 0.4) is 0 Å². The molecule has 7 heteroatoms. The highest BCUT2D eigenvalue weighted by molar-refractivity contribution is 5.85. The summed E-state index contributed by atoms with van der Waals surface area (Å²) in [7, 11) is 2.90. The molecule has 0 rings (SSSR count). The third-order valence-corrected chi connectivity index (χ3v) is 2.57. The van der Waals surface area contributed by atoms with Crippen molar-refractivity contribution in [2.75, 3.05) is 20.6 Å². The van der Waals surface area contributed by atoms with Crippen LogP contribution in [0.4, 0.5) is 4.79 Å². The molecule has 0 bridgehead atoms. The van der Waals surface area contributed by atoms with Gasteiger partial charge in [-0.05, 0) is 13.8 Å². The van der Waals surface area contributed by atoms with E-state index in [2.05, 4.69) is 10.6 Å². The third-order valence-electron chi connectivity index (χ3n) is 2.57. The predicted octanol–water partition coefficient (Wildman–Crippen LogP) is -0.373. The Morgan fingerprint density at radius 1 is 1.29 bits per heavy atom. The Hall–Kier alpha value is -1.79. The zero-order valence-corrected chi connectivity index (χ0v) is 10.5. The third kappa shape index (κ3) is 4.29. The lowest BCUT2D eigenvalue weighted by Gasteiger charge is -2.31. The fraction of sp³-hybridized carbons (Fsp3) is 0.700. The molecule has 3 N–H and O–H groups in total. The van der Waals surface area contributed by atoms with Crippen molar-refractivity contribution in [2.24, 2.45) is 0 Å². The predicted molar refractivity (Wildman–Crippen MR) is 61.6 cm³/mol. The number of amides is 3. The molecule has 0 fully saturated rings. The molecule has 0 saturated carbocycles. The summed E-state index contributed by atoms with van der Waals surface area (Å²) in [4.78, 5) is 34.5. The maximum Gasteiger partial charge on any atom is 0.329 e. The quantitative estimate of drug-likeness (QED) is 0.615. The molecule has 0 aliphatic heterocycles. The summed E-state index contributed by atoms with van der Waals surface area (Å²) in [6.45, 7) is 3.01. The Morgan fingerprint density at radius 3 is 2.24 bits per heavy atom. The van der Waals surface area contributed by atoms with Crippen LogP contribution < -0.4 is 10.6 Å². The molecular formula is C10H19N3O4. The van der Waals surface area contributed by atoms with E-state index in [1.54, 1.807) is 0 Å². The normalized spacial score (nSPS) is 10.6. The second-order valence-electron chi connectivity index (χ2n) is 4.08. The van der Waals surface area contributed by atoms with E-state index in [-0.39, 0.29) is 18.9 Å². The van der Waals surface area contributed by atoms with Gasteiger partial charge >= 0.3 is 12.0 Å². The number of carboxylic acid groups (broad SMARTS) is 1. The molecule has 0 aromatic carbocycles. The van der Waals surface area contributed by atoms with Crippen molar-refractivity contribution >= 4 is 17.9 Å². The molecule has 7 nitrogen and oxygen atoms in total. The lowest BCUT2D eigenvalue weighted by Crippen LogP contribution is -2.54. The largest absolute Gasteiger partial charge is 0.480 e. The van der Waals surface area contributed by atoms with Crippen LogP contribution in [-0.4, -0.2) is 54.1 Å². The molecule has 0 spiro atoms. The van der Waals surface area contributed by atoms with Crippen LogP contribution in [0.15, 0.2) is 0 Å². The van der Waals surface area contributed by atoms with Gasteiger partial charge in [-0.15, -0.1) is 0 Å². The Labute approximate surface area is 100 Å². The fourth-order valence-electron chi connectivity index (χ4n) is 0.924. The minimum Gasteiger partial charge on any atom is -0.480 e. The van der Waals surface area contributed by atoms with E-state index >= 15 is 0 Å². The van der Waals surface area contributed by atoms with Gasteiger partial charge in [-0.2, -0.15) is 0 Å². The summed E-state index contributed by atoms with van der Waals surface area (Å²) in [5, 5.41) is 13.8. The van der Waals surface area contributed by atoms with Gasteiger partial charge in [0.2, 0.25) is 5.91 Å². The molecule has 0 atom stereocenters. The lowest BCUT2D eigenvalue weighted by atomic mass is 10.1. The number of nitrogens with zero attached hydrogens (tertiary/aromatic N) is 1. The molecule has 3 amide bonds. The summed E-state index contributed by atoms with van der Waals surface area (Å²) in [6, 6.07) is -0.527. The van der Waals surface area contributed by atoms with E-state index < -0.39 is 17.5 Å². The number of urea groups is 1. The molecule has 98 valence electrons. The first-order valence-corrected chi connectivity index (χ1v) is 5.19. The van der Waals surface area contributed by atoms with Crippen LogP contribution in [-0.2, 0) is 9.59 Å². The topological polar surface area (TPSA) is 98.7 Å². The van der Waals surface area contributed by atoms with Crippen LogP contribution >= 0.6 is 0 Å². The SMILES string of the molecule is CNC(=O)CCNC(=O)N(C)C(C)(C)C(=O)O. The van der Waals surface area contributed by atoms with Gasteiger partial charge in [-0.3, -0.25) is 4.79 Å². The van der Waals surface area contributed by atoms with Gasteiger partial charge in [-0.25, -0.2) is 9.59 Å². The van der Waals surface area contributed by atoms with Crippen molar-refractivity contribution < 1.29 is 19.5 Å². The summed E-state index contributed by atoms with van der Waals surface area (Å²) in [5.41, 5.74) is -1.29. The summed E-state index contributed by atoms with van der Waals surface area (Å²) < 4.78 is 0. The first-order valence-electron chi connectivity index (χ1n) is 5.19. The highest BCUT2D eigenvalue weighted by atomic mass is 16.4. The maximum atomic E-state index is 11.6. The zero-order valence-electron chi connectivity index (χ0n) is 10.5. The average Bonchev–Trinajstić information content (AvgIpc) is 2.27. The molecule has 17 heavy (non-hydrogen) atoms. The molecule has 0 aromatic heterocycles. The van der Waals surface area contributed by atoms with E-state index in [0.29, 0.717) is 0 Å². The molecule has 0 saturated heterocycles. The lowest BCUT2D eigenvalue weighted by molar-refractivity contribution is -0.146. The average molecular weight is 245 g/mol. The van der Waals surface area contributed by atoms with Crippen LogP contribution in [0, 0.1) is 0 Å². The Balaban J connectivity index is 4.24. The molecule has 0 radical (unpaired) electrons. The number of rotatable bonds is 5. The van der Waals surface area contributed by atoms with Crippen LogP contribution in [0.1, 0.15) is 20.3 Å². The second kappa shape index (κ2) is 6.07. The summed E-state index contributed by atoms with van der Waals surface area (Å²) >= 11 is 0. The fourth-order valence-corrected chi connectivity index (χ4v) is 0.924. The molecule has 0 aromatic rings. The van der Waals surface area contributed by atoms with Gasteiger partial charge in [-0.1, -0.05) is 0 Å². The molecular weight excluding hydrogens is 226 g/mol. The molecule has 0 unspecified atom stereocenters. The Kier molecular flexibility index (Phi) is 5.43. The summed E-state index contributed by atoms with van der Waals surface area (Å²) in [6.07, 6.45) is 0.156. The number of hydrogen-bond acceptors (Lipinski definition) is 3. The first kappa shape index (κ1) is 15.2. The second-order valence-corrected chi connectivity index (χ2v) is 4.08. The van der Waals surface area contributed by atoms with Gasteiger partial charge in [0.25, 0.3) is 0 Å². The van der Waals surface area contributed by atoms with Crippen molar-refractivity contribution in [3.8, 4) is 0 Å². The smallest absolute Gasteiger partial charge is 0.329 e. The standard InChI is InChI=1S/C10H19N3O4/c1-10(2,8(15)16)13(4)9(17)12-6-5-7(14)11-3/h5-6H2,1-4H3,(H,11,14)(H,12,17)(H,15,16). The van der Waals surface area contributed by atoms with E-state index in [4.69, 9.17) is 5.11 Å². The van der Waals surface area contributed by atoms with Crippen molar-refractivity contribution in [3.63, 3.8) is 0 Å². The van der Waals surface area contributed by atoms with Crippen LogP contribution in [0.25, 0.3) is 0 Å². The van der Waals surface area contributed by atoms with Crippen molar-refractivity contribution in [1.82, 2.24) is 15.5 Å².